The van der Waals surface area contributed by atoms with Crippen molar-refractivity contribution in [3.63, 3.8) is 0 Å². The van der Waals surface area contributed by atoms with Crippen LogP contribution in [0.15, 0.2) is 5.38 Å². The monoisotopic (exact) mass is 430 g/mol. The fraction of sp³-hybridized carbons (Fsp3) is 0.682. The molecule has 0 spiro atoms. The van der Waals surface area contributed by atoms with Crippen molar-refractivity contribution in [1.82, 2.24) is 25.1 Å². The van der Waals surface area contributed by atoms with E-state index < -0.39 is 0 Å². The van der Waals surface area contributed by atoms with Gasteiger partial charge < -0.3 is 20.0 Å². The second-order valence-corrected chi connectivity index (χ2v) is 9.83. The maximum Gasteiger partial charge on any atom is 0.289 e. The number of hydrogen-bond acceptors (Lipinski definition) is 7. The first-order valence-electron chi connectivity index (χ1n) is 11.2. The molecule has 0 aliphatic carbocycles. The number of fused-ring (bicyclic) bond motifs is 1. The quantitative estimate of drug-likeness (QED) is 0.760. The number of aromatic nitrogens is 2. The van der Waals surface area contributed by atoms with Gasteiger partial charge in [-0.2, -0.15) is 0 Å². The Bertz CT molecular complexity index is 868. The summed E-state index contributed by atoms with van der Waals surface area (Å²) in [6, 6.07) is 0.759. The largest absolute Gasteiger partial charge is 0.362 e. The number of carbonyl (C=O) groups is 1. The molecule has 0 aromatic carbocycles. The van der Waals surface area contributed by atoms with Gasteiger partial charge in [-0.05, 0) is 58.8 Å². The number of amides is 1. The van der Waals surface area contributed by atoms with Crippen molar-refractivity contribution < 1.29 is 4.79 Å². The summed E-state index contributed by atoms with van der Waals surface area (Å²) in [5.74, 6) is 0.878. The van der Waals surface area contributed by atoms with Crippen LogP contribution in [0, 0.1) is 6.92 Å². The van der Waals surface area contributed by atoms with E-state index in [1.807, 2.05) is 24.4 Å². The van der Waals surface area contributed by atoms with Gasteiger partial charge in [0, 0.05) is 43.5 Å². The minimum Gasteiger partial charge on any atom is -0.362 e. The van der Waals surface area contributed by atoms with Crippen LogP contribution in [0.25, 0.3) is 10.9 Å². The number of rotatable bonds is 6. The molecule has 2 aromatic heterocycles. The summed E-state index contributed by atoms with van der Waals surface area (Å²) in [4.78, 5) is 30.0. The average molecular weight is 431 g/mol. The SMILES string of the molecule is Cc1scc2nc(C(=O)NCCN3CCC(N4CCCCC4)CC3)nc(N(C)C)c12. The fourth-order valence-corrected chi connectivity index (χ4v) is 5.49. The summed E-state index contributed by atoms with van der Waals surface area (Å²) in [6.45, 7) is 8.40. The van der Waals surface area contributed by atoms with Crippen LogP contribution in [0.2, 0.25) is 0 Å². The highest BCUT2D eigenvalue weighted by molar-refractivity contribution is 7.11. The zero-order valence-electron chi connectivity index (χ0n) is 18.5. The zero-order chi connectivity index (χ0) is 21.1. The summed E-state index contributed by atoms with van der Waals surface area (Å²) in [5, 5.41) is 6.07. The maximum absolute atomic E-state index is 12.7. The van der Waals surface area contributed by atoms with Gasteiger partial charge in [0.1, 0.15) is 5.82 Å². The molecule has 1 amide bonds. The number of likely N-dealkylation sites (tertiary alicyclic amines) is 2. The minimum absolute atomic E-state index is 0.188. The van der Waals surface area contributed by atoms with E-state index >= 15 is 0 Å². The third kappa shape index (κ3) is 4.76. The highest BCUT2D eigenvalue weighted by Gasteiger charge is 2.25. The first-order valence-corrected chi connectivity index (χ1v) is 12.1. The van der Waals surface area contributed by atoms with Crippen molar-refractivity contribution >= 4 is 34.0 Å². The van der Waals surface area contributed by atoms with Crippen molar-refractivity contribution in [3.8, 4) is 0 Å². The number of aryl methyl sites for hydroxylation is 1. The van der Waals surface area contributed by atoms with Crippen LogP contribution in [-0.4, -0.2) is 85.1 Å². The maximum atomic E-state index is 12.7. The van der Waals surface area contributed by atoms with Gasteiger partial charge in [0.2, 0.25) is 5.82 Å². The second-order valence-electron chi connectivity index (χ2n) is 8.74. The zero-order valence-corrected chi connectivity index (χ0v) is 19.3. The number of piperidine rings is 2. The molecule has 8 heteroatoms. The Balaban J connectivity index is 1.28. The minimum atomic E-state index is -0.188. The predicted molar refractivity (Wildman–Crippen MR) is 124 cm³/mol. The Hall–Kier alpha value is -1.77. The van der Waals surface area contributed by atoms with Crippen LogP contribution in [-0.2, 0) is 0 Å². The second kappa shape index (κ2) is 9.58. The molecule has 2 aromatic rings. The van der Waals surface area contributed by atoms with E-state index in [-0.39, 0.29) is 11.7 Å². The van der Waals surface area contributed by atoms with Gasteiger partial charge in [0.25, 0.3) is 5.91 Å². The van der Waals surface area contributed by atoms with E-state index in [4.69, 9.17) is 0 Å². The molecule has 1 N–H and O–H groups in total. The molecule has 2 fully saturated rings. The molecule has 0 radical (unpaired) electrons. The van der Waals surface area contributed by atoms with Crippen molar-refractivity contribution in [2.45, 2.75) is 45.1 Å². The average Bonchev–Trinajstić information content (AvgIpc) is 3.15. The number of thiophene rings is 1. The van der Waals surface area contributed by atoms with Crippen molar-refractivity contribution in [3.05, 3.63) is 16.1 Å². The highest BCUT2D eigenvalue weighted by atomic mass is 32.1. The van der Waals surface area contributed by atoms with Crippen LogP contribution >= 0.6 is 11.3 Å². The molecule has 164 valence electrons. The fourth-order valence-electron chi connectivity index (χ4n) is 4.72. The highest BCUT2D eigenvalue weighted by Crippen LogP contribution is 2.30. The molecule has 2 aliphatic heterocycles. The van der Waals surface area contributed by atoms with Crippen molar-refractivity contribution in [1.29, 1.82) is 0 Å². The molecule has 0 atom stereocenters. The molecule has 4 heterocycles. The van der Waals surface area contributed by atoms with Crippen LogP contribution in [0.1, 0.15) is 47.6 Å². The lowest BCUT2D eigenvalue weighted by atomic mass is 10.00. The van der Waals surface area contributed by atoms with Crippen LogP contribution in [0.4, 0.5) is 5.82 Å². The molecular weight excluding hydrogens is 396 g/mol. The normalized spacial score (nSPS) is 19.3. The Kier molecular flexibility index (Phi) is 6.85. The molecule has 2 saturated heterocycles. The molecule has 30 heavy (non-hydrogen) atoms. The van der Waals surface area contributed by atoms with E-state index in [9.17, 15) is 4.79 Å². The summed E-state index contributed by atoms with van der Waals surface area (Å²) < 4.78 is 0. The third-order valence-electron chi connectivity index (χ3n) is 6.42. The number of carbonyl (C=O) groups excluding carboxylic acids is 1. The van der Waals surface area contributed by atoms with E-state index in [0.29, 0.717) is 6.54 Å². The lowest BCUT2D eigenvalue weighted by Gasteiger charge is -2.40. The summed E-state index contributed by atoms with van der Waals surface area (Å²) in [6.07, 6.45) is 6.61. The number of nitrogens with zero attached hydrogens (tertiary/aromatic N) is 5. The Morgan fingerprint density at radius 1 is 1.17 bits per heavy atom. The van der Waals surface area contributed by atoms with E-state index in [2.05, 4.69) is 32.0 Å². The van der Waals surface area contributed by atoms with Gasteiger partial charge in [-0.25, -0.2) is 9.97 Å². The van der Waals surface area contributed by atoms with Crippen molar-refractivity contribution in [2.24, 2.45) is 0 Å². The van der Waals surface area contributed by atoms with Gasteiger partial charge in [-0.3, -0.25) is 4.79 Å². The standard InChI is InChI=1S/C22H34N6OS/c1-16-19-18(15-30-16)24-20(25-21(19)26(2)3)22(29)23-9-14-27-12-7-17(8-13-27)28-10-5-4-6-11-28/h15,17H,4-14H2,1-3H3,(H,23,29). The van der Waals surface area contributed by atoms with Crippen LogP contribution in [0.5, 0.6) is 0 Å². The summed E-state index contributed by atoms with van der Waals surface area (Å²) in [5.41, 5.74) is 0.848. The number of anilines is 1. The molecule has 0 bridgehead atoms. The lowest BCUT2D eigenvalue weighted by molar-refractivity contribution is 0.0876. The van der Waals surface area contributed by atoms with Gasteiger partial charge in [0.15, 0.2) is 0 Å². The topological polar surface area (TPSA) is 64.6 Å². The first kappa shape index (κ1) is 21.5. The van der Waals surface area contributed by atoms with E-state index in [0.717, 1.165) is 42.4 Å². The van der Waals surface area contributed by atoms with Crippen molar-refractivity contribution in [2.75, 3.05) is 58.3 Å². The Morgan fingerprint density at radius 3 is 2.60 bits per heavy atom. The van der Waals surface area contributed by atoms with Gasteiger partial charge in [0.05, 0.1) is 10.9 Å². The first-order chi connectivity index (χ1) is 14.5. The summed E-state index contributed by atoms with van der Waals surface area (Å²) >= 11 is 1.65. The van der Waals surface area contributed by atoms with E-state index in [1.165, 1.54) is 50.1 Å². The van der Waals surface area contributed by atoms with Crippen LogP contribution in [0.3, 0.4) is 0 Å². The van der Waals surface area contributed by atoms with Gasteiger partial charge in [-0.15, -0.1) is 11.3 Å². The third-order valence-corrected chi connectivity index (χ3v) is 7.32. The van der Waals surface area contributed by atoms with Crippen LogP contribution < -0.4 is 10.2 Å². The predicted octanol–water partition coefficient (Wildman–Crippen LogP) is 2.75. The Labute approximate surface area is 183 Å². The lowest BCUT2D eigenvalue weighted by Crippen LogP contribution is -2.48. The summed E-state index contributed by atoms with van der Waals surface area (Å²) in [7, 11) is 3.90. The van der Waals surface area contributed by atoms with E-state index in [1.54, 1.807) is 11.3 Å². The van der Waals surface area contributed by atoms with Gasteiger partial charge >= 0.3 is 0 Å². The molecule has 4 rings (SSSR count). The molecule has 0 unspecified atom stereocenters. The molecule has 7 nitrogen and oxygen atoms in total. The molecule has 0 saturated carbocycles. The number of hydrogen-bond donors (Lipinski definition) is 1. The van der Waals surface area contributed by atoms with Gasteiger partial charge in [-0.1, -0.05) is 6.42 Å². The molecule has 2 aliphatic rings. The Morgan fingerprint density at radius 2 is 1.90 bits per heavy atom. The number of nitrogens with one attached hydrogen (secondary N) is 1. The smallest absolute Gasteiger partial charge is 0.289 e. The molecular formula is C22H34N6OS.